The zero-order valence-electron chi connectivity index (χ0n) is 17.4. The second-order valence-electron chi connectivity index (χ2n) is 7.39. The summed E-state index contributed by atoms with van der Waals surface area (Å²) in [5, 5.41) is 11.3. The number of methoxy groups -OCH3 is 1. The van der Waals surface area contributed by atoms with Crippen LogP contribution in [0.25, 0.3) is 16.0 Å². The van der Waals surface area contributed by atoms with Gasteiger partial charge in [-0.3, -0.25) is 14.5 Å². The third-order valence-corrected chi connectivity index (χ3v) is 6.50. The fraction of sp³-hybridized carbons (Fsp3) is 0.0800. The molecule has 164 valence electrons. The van der Waals surface area contributed by atoms with E-state index >= 15 is 0 Å². The number of halogens is 1. The number of benzene rings is 3. The minimum Gasteiger partial charge on any atom is -0.507 e. The van der Waals surface area contributed by atoms with E-state index in [0.29, 0.717) is 16.8 Å². The molecular weight excluding hydrogens is 443 g/mol. The van der Waals surface area contributed by atoms with Crippen LogP contribution in [-0.4, -0.2) is 28.9 Å². The molecule has 1 saturated heterocycles. The van der Waals surface area contributed by atoms with Gasteiger partial charge in [0.1, 0.15) is 23.4 Å². The van der Waals surface area contributed by atoms with E-state index < -0.39 is 23.5 Å². The number of carbonyl (C=O) groups is 2. The maximum absolute atomic E-state index is 14.9. The highest BCUT2D eigenvalue weighted by atomic mass is 32.1. The summed E-state index contributed by atoms with van der Waals surface area (Å²) in [5.74, 6) is -2.13. The molecule has 1 atom stereocenters. The van der Waals surface area contributed by atoms with E-state index in [2.05, 4.69) is 4.98 Å². The Morgan fingerprint density at radius 1 is 1.06 bits per heavy atom. The molecule has 0 saturated carbocycles. The molecule has 0 spiro atoms. The van der Waals surface area contributed by atoms with Gasteiger partial charge in [-0.1, -0.05) is 59.9 Å². The number of nitrogens with zero attached hydrogens (tertiary/aromatic N) is 2. The zero-order chi connectivity index (χ0) is 23.1. The van der Waals surface area contributed by atoms with Crippen LogP contribution in [0.15, 0.2) is 78.4 Å². The molecule has 33 heavy (non-hydrogen) atoms. The van der Waals surface area contributed by atoms with Crippen molar-refractivity contribution in [2.24, 2.45) is 0 Å². The van der Waals surface area contributed by atoms with Crippen molar-refractivity contribution < 1.29 is 23.8 Å². The van der Waals surface area contributed by atoms with Gasteiger partial charge < -0.3 is 9.84 Å². The van der Waals surface area contributed by atoms with Crippen molar-refractivity contribution in [3.05, 3.63) is 95.3 Å². The number of Topliss-reactive ketones (excluding diaryl/α,β-unsaturated/α-hetero) is 1. The third-order valence-electron chi connectivity index (χ3n) is 5.48. The first kappa shape index (κ1) is 20.8. The standard InChI is InChI=1S/C25H17FN2O4S/c1-32-15-11-12-18-19(13-15)33-25(27-18)28-21(16-9-5-6-10-17(16)26)20(23(30)24(28)31)22(29)14-7-3-2-4-8-14/h2-13,21,29H,1H3/t21-/m1/s1. The molecule has 1 aliphatic heterocycles. The first-order chi connectivity index (χ1) is 16.0. The van der Waals surface area contributed by atoms with Gasteiger partial charge >= 0.3 is 5.91 Å². The highest BCUT2D eigenvalue weighted by Crippen LogP contribution is 2.45. The Hall–Kier alpha value is -4.04. The molecule has 0 radical (unpaired) electrons. The lowest BCUT2D eigenvalue weighted by molar-refractivity contribution is -0.132. The van der Waals surface area contributed by atoms with Gasteiger partial charge in [-0.05, 0) is 24.3 Å². The SMILES string of the molecule is COc1ccc2nc(N3C(=O)C(=O)C(=C(O)c4ccccc4)[C@H]3c3ccccc3F)sc2c1. The number of anilines is 1. The maximum atomic E-state index is 14.9. The van der Waals surface area contributed by atoms with Gasteiger partial charge in [0.25, 0.3) is 5.78 Å². The number of amides is 1. The molecule has 2 heterocycles. The van der Waals surface area contributed by atoms with Gasteiger partial charge in [-0.2, -0.15) is 0 Å². The topological polar surface area (TPSA) is 79.7 Å². The Kier molecular flexibility index (Phi) is 5.14. The molecule has 1 fully saturated rings. The molecule has 8 heteroatoms. The van der Waals surface area contributed by atoms with Gasteiger partial charge in [0.15, 0.2) is 5.13 Å². The summed E-state index contributed by atoms with van der Waals surface area (Å²) < 4.78 is 20.9. The minimum atomic E-state index is -1.17. The number of carbonyl (C=O) groups excluding carboxylic acids is 2. The van der Waals surface area contributed by atoms with Gasteiger partial charge in [-0.15, -0.1) is 0 Å². The Labute approximate surface area is 192 Å². The Morgan fingerprint density at radius 3 is 2.52 bits per heavy atom. The monoisotopic (exact) mass is 460 g/mol. The van der Waals surface area contributed by atoms with Crippen LogP contribution in [0.4, 0.5) is 9.52 Å². The lowest BCUT2D eigenvalue weighted by Gasteiger charge is -2.23. The summed E-state index contributed by atoms with van der Waals surface area (Å²) >= 11 is 1.18. The number of aliphatic hydroxyl groups is 1. The van der Waals surface area contributed by atoms with Crippen molar-refractivity contribution in [1.29, 1.82) is 0 Å². The largest absolute Gasteiger partial charge is 0.507 e. The molecule has 3 aromatic carbocycles. The molecule has 1 aromatic heterocycles. The number of hydrogen-bond donors (Lipinski definition) is 1. The normalized spacial score (nSPS) is 17.6. The van der Waals surface area contributed by atoms with E-state index in [1.807, 2.05) is 0 Å². The molecule has 6 nitrogen and oxygen atoms in total. The lowest BCUT2D eigenvalue weighted by atomic mass is 9.95. The number of thiazole rings is 1. The quantitative estimate of drug-likeness (QED) is 0.261. The first-order valence-electron chi connectivity index (χ1n) is 10.0. The summed E-state index contributed by atoms with van der Waals surface area (Å²) in [6, 6.07) is 18.4. The van der Waals surface area contributed by atoms with Crippen LogP contribution in [-0.2, 0) is 9.59 Å². The zero-order valence-corrected chi connectivity index (χ0v) is 18.2. The maximum Gasteiger partial charge on any atom is 0.301 e. The van der Waals surface area contributed by atoms with Crippen LogP contribution >= 0.6 is 11.3 Å². The molecule has 0 aliphatic carbocycles. The second kappa shape index (κ2) is 8.14. The Morgan fingerprint density at radius 2 is 1.79 bits per heavy atom. The Bertz CT molecular complexity index is 1430. The molecular formula is C25H17FN2O4S. The van der Waals surface area contributed by atoms with Crippen LogP contribution in [0.1, 0.15) is 17.2 Å². The van der Waals surface area contributed by atoms with Crippen LogP contribution in [0.3, 0.4) is 0 Å². The lowest BCUT2D eigenvalue weighted by Crippen LogP contribution is -2.29. The molecule has 5 rings (SSSR count). The van der Waals surface area contributed by atoms with E-state index in [4.69, 9.17) is 4.74 Å². The number of hydrogen-bond acceptors (Lipinski definition) is 6. The van der Waals surface area contributed by atoms with E-state index in [0.717, 1.165) is 9.60 Å². The van der Waals surface area contributed by atoms with Crippen molar-refractivity contribution in [2.45, 2.75) is 6.04 Å². The molecule has 0 bridgehead atoms. The smallest absolute Gasteiger partial charge is 0.301 e. The van der Waals surface area contributed by atoms with Crippen molar-refractivity contribution in [3.63, 3.8) is 0 Å². The van der Waals surface area contributed by atoms with Crippen molar-refractivity contribution in [1.82, 2.24) is 4.98 Å². The van der Waals surface area contributed by atoms with Crippen LogP contribution in [0, 0.1) is 5.82 Å². The summed E-state index contributed by atoms with van der Waals surface area (Å²) in [4.78, 5) is 32.0. The van der Waals surface area contributed by atoms with Crippen molar-refractivity contribution >= 4 is 44.1 Å². The van der Waals surface area contributed by atoms with E-state index in [9.17, 15) is 19.1 Å². The minimum absolute atomic E-state index is 0.0889. The number of rotatable bonds is 4. The summed E-state index contributed by atoms with van der Waals surface area (Å²) in [6.45, 7) is 0. The molecule has 1 aliphatic rings. The van der Waals surface area contributed by atoms with E-state index in [1.54, 1.807) is 61.7 Å². The summed E-state index contributed by atoms with van der Waals surface area (Å²) in [5.41, 5.74) is 0.859. The molecule has 0 unspecified atom stereocenters. The number of aliphatic hydroxyl groups excluding tert-OH is 1. The van der Waals surface area contributed by atoms with E-state index in [1.165, 1.54) is 29.5 Å². The fourth-order valence-corrected chi connectivity index (χ4v) is 4.92. The van der Waals surface area contributed by atoms with Gasteiger partial charge in [0.2, 0.25) is 0 Å². The Balaban J connectivity index is 1.74. The average molecular weight is 460 g/mol. The highest BCUT2D eigenvalue weighted by Gasteiger charge is 2.49. The molecule has 1 amide bonds. The average Bonchev–Trinajstić information content (AvgIpc) is 3.37. The number of ether oxygens (including phenoxy) is 1. The first-order valence-corrected chi connectivity index (χ1v) is 10.9. The number of aromatic nitrogens is 1. The van der Waals surface area contributed by atoms with Gasteiger partial charge in [0, 0.05) is 11.1 Å². The van der Waals surface area contributed by atoms with E-state index in [-0.39, 0.29) is 22.0 Å². The third kappa shape index (κ3) is 3.44. The van der Waals surface area contributed by atoms with Gasteiger partial charge in [-0.25, -0.2) is 9.37 Å². The fourth-order valence-electron chi connectivity index (χ4n) is 3.90. The predicted molar refractivity (Wildman–Crippen MR) is 124 cm³/mol. The summed E-state index contributed by atoms with van der Waals surface area (Å²) in [6.07, 6.45) is 0. The predicted octanol–water partition coefficient (Wildman–Crippen LogP) is 5.07. The summed E-state index contributed by atoms with van der Waals surface area (Å²) in [7, 11) is 1.55. The number of fused-ring (bicyclic) bond motifs is 1. The molecule has 4 aromatic rings. The van der Waals surface area contributed by atoms with Crippen molar-refractivity contribution in [3.8, 4) is 5.75 Å². The van der Waals surface area contributed by atoms with Crippen LogP contribution in [0.5, 0.6) is 5.75 Å². The van der Waals surface area contributed by atoms with Gasteiger partial charge in [0.05, 0.1) is 22.9 Å². The second-order valence-corrected chi connectivity index (χ2v) is 8.40. The molecule has 1 N–H and O–H groups in total. The van der Waals surface area contributed by atoms with Crippen LogP contribution < -0.4 is 9.64 Å². The van der Waals surface area contributed by atoms with Crippen LogP contribution in [0.2, 0.25) is 0 Å². The number of ketones is 1. The highest BCUT2D eigenvalue weighted by molar-refractivity contribution is 7.22. The van der Waals surface area contributed by atoms with Crippen molar-refractivity contribution in [2.75, 3.05) is 12.0 Å².